The summed E-state index contributed by atoms with van der Waals surface area (Å²) in [7, 11) is 1.87. The second-order valence-electron chi connectivity index (χ2n) is 5.70. The van der Waals surface area contributed by atoms with Crippen molar-refractivity contribution in [2.24, 2.45) is 5.92 Å². The molecule has 6 heteroatoms. The van der Waals surface area contributed by atoms with Crippen molar-refractivity contribution in [3.63, 3.8) is 0 Å². The van der Waals surface area contributed by atoms with Crippen LogP contribution < -0.4 is 10.1 Å². The lowest BCUT2D eigenvalue weighted by Gasteiger charge is -2.25. The van der Waals surface area contributed by atoms with Crippen molar-refractivity contribution in [1.29, 1.82) is 0 Å². The number of carbonyl (C=O) groups excluding carboxylic acids is 1. The van der Waals surface area contributed by atoms with Gasteiger partial charge < -0.3 is 10.1 Å². The molecule has 1 amide bonds. The van der Waals surface area contributed by atoms with Crippen LogP contribution in [0.4, 0.5) is 14.5 Å². The zero-order valence-electron chi connectivity index (χ0n) is 13.5. The van der Waals surface area contributed by atoms with Gasteiger partial charge in [0.2, 0.25) is 5.91 Å². The van der Waals surface area contributed by atoms with Crippen molar-refractivity contribution in [2.45, 2.75) is 39.8 Å². The molecule has 1 aromatic rings. The van der Waals surface area contributed by atoms with Gasteiger partial charge in [0, 0.05) is 0 Å². The van der Waals surface area contributed by atoms with Crippen molar-refractivity contribution in [1.82, 2.24) is 4.90 Å². The first-order valence-corrected chi connectivity index (χ1v) is 7.36. The highest BCUT2D eigenvalue weighted by molar-refractivity contribution is 5.95. The maximum Gasteiger partial charge on any atom is 0.387 e. The topological polar surface area (TPSA) is 41.6 Å². The Morgan fingerprint density at radius 2 is 1.91 bits per heavy atom. The summed E-state index contributed by atoms with van der Waals surface area (Å²) in [6, 6.07) is 5.80. The van der Waals surface area contributed by atoms with E-state index in [1.807, 2.05) is 11.9 Å². The van der Waals surface area contributed by atoms with Crippen LogP contribution in [0.25, 0.3) is 0 Å². The third-order valence-electron chi connectivity index (χ3n) is 3.46. The van der Waals surface area contributed by atoms with Crippen LogP contribution in [0.2, 0.25) is 0 Å². The van der Waals surface area contributed by atoms with E-state index in [0.29, 0.717) is 5.92 Å². The monoisotopic (exact) mass is 314 g/mol. The van der Waals surface area contributed by atoms with E-state index in [4.69, 9.17) is 0 Å². The molecule has 22 heavy (non-hydrogen) atoms. The average Bonchev–Trinajstić information content (AvgIpc) is 2.45. The molecule has 0 heterocycles. The van der Waals surface area contributed by atoms with Crippen molar-refractivity contribution in [2.75, 3.05) is 18.9 Å². The second kappa shape index (κ2) is 8.68. The molecule has 1 rings (SSSR count). The molecule has 1 N–H and O–H groups in total. The highest BCUT2D eigenvalue weighted by Crippen LogP contribution is 2.25. The summed E-state index contributed by atoms with van der Waals surface area (Å²) in [4.78, 5) is 14.2. The van der Waals surface area contributed by atoms with Crippen LogP contribution in [0.5, 0.6) is 5.75 Å². The number of likely N-dealkylation sites (N-methyl/N-ethyl adjacent to an activating group) is 1. The van der Waals surface area contributed by atoms with Crippen molar-refractivity contribution < 1.29 is 18.3 Å². The maximum atomic E-state index is 12.4. The third-order valence-corrected chi connectivity index (χ3v) is 3.46. The molecule has 0 aliphatic rings. The van der Waals surface area contributed by atoms with Gasteiger partial charge in [-0.25, -0.2) is 0 Å². The quantitative estimate of drug-likeness (QED) is 0.797. The zero-order chi connectivity index (χ0) is 16.7. The van der Waals surface area contributed by atoms with Gasteiger partial charge in [-0.2, -0.15) is 8.78 Å². The van der Waals surface area contributed by atoms with Crippen LogP contribution in [0.15, 0.2) is 24.3 Å². The molecular formula is C16H24F2N2O2. The van der Waals surface area contributed by atoms with E-state index in [0.717, 1.165) is 13.0 Å². The van der Waals surface area contributed by atoms with E-state index in [1.165, 1.54) is 12.1 Å². The molecule has 1 atom stereocenters. The number of carbonyl (C=O) groups is 1. The number of para-hydroxylation sites is 2. The van der Waals surface area contributed by atoms with Gasteiger partial charge in [0.15, 0.2) is 0 Å². The molecule has 124 valence electrons. The molecule has 4 nitrogen and oxygen atoms in total. The first-order valence-electron chi connectivity index (χ1n) is 7.36. The summed E-state index contributed by atoms with van der Waals surface area (Å²) in [6.45, 7) is 3.89. The molecular weight excluding hydrogens is 290 g/mol. The van der Waals surface area contributed by atoms with Crippen LogP contribution in [0, 0.1) is 5.92 Å². The van der Waals surface area contributed by atoms with Gasteiger partial charge in [-0.3, -0.25) is 9.69 Å². The van der Waals surface area contributed by atoms with Gasteiger partial charge in [0.1, 0.15) is 5.75 Å². The fourth-order valence-electron chi connectivity index (χ4n) is 1.86. The summed E-state index contributed by atoms with van der Waals surface area (Å²) >= 11 is 0. The minimum atomic E-state index is -2.93. The first-order chi connectivity index (χ1) is 10.3. The summed E-state index contributed by atoms with van der Waals surface area (Å²) in [6.07, 6.45) is 0.985. The summed E-state index contributed by atoms with van der Waals surface area (Å²) in [5, 5.41) is 2.65. The fraction of sp³-hybridized carbons (Fsp3) is 0.562. The third kappa shape index (κ3) is 5.97. The number of rotatable bonds is 8. The Morgan fingerprint density at radius 3 is 2.50 bits per heavy atom. The SMILES string of the molecule is CC(C)CCN(C)C(C)C(=O)Nc1ccccc1OC(F)F. The standard InChI is InChI=1S/C16H24F2N2O2/c1-11(2)9-10-20(4)12(3)15(21)19-13-7-5-6-8-14(13)22-16(17)18/h5-8,11-12,16H,9-10H2,1-4H3,(H,19,21). The van der Waals surface area contributed by atoms with Gasteiger partial charge in [-0.1, -0.05) is 26.0 Å². The zero-order valence-corrected chi connectivity index (χ0v) is 13.5. The van der Waals surface area contributed by atoms with Gasteiger partial charge in [-0.15, -0.1) is 0 Å². The van der Waals surface area contributed by atoms with E-state index >= 15 is 0 Å². The molecule has 1 unspecified atom stereocenters. The molecule has 1 aromatic carbocycles. The molecule has 0 saturated heterocycles. The van der Waals surface area contributed by atoms with Crippen LogP contribution in [-0.4, -0.2) is 37.1 Å². The second-order valence-corrected chi connectivity index (χ2v) is 5.70. The minimum Gasteiger partial charge on any atom is -0.433 e. The molecule has 0 aromatic heterocycles. The van der Waals surface area contributed by atoms with E-state index in [2.05, 4.69) is 23.9 Å². The molecule has 0 spiro atoms. The predicted octanol–water partition coefficient (Wildman–Crippen LogP) is 3.59. The maximum absolute atomic E-state index is 12.4. The van der Waals surface area contributed by atoms with E-state index in [9.17, 15) is 13.6 Å². The number of halogens is 2. The molecule has 0 saturated carbocycles. The van der Waals surface area contributed by atoms with Crippen LogP contribution in [0.3, 0.4) is 0 Å². The molecule has 0 radical (unpaired) electrons. The van der Waals surface area contributed by atoms with Crippen molar-refractivity contribution in [3.05, 3.63) is 24.3 Å². The molecule has 0 aliphatic heterocycles. The predicted molar refractivity (Wildman–Crippen MR) is 83.3 cm³/mol. The van der Waals surface area contributed by atoms with Gasteiger partial charge in [-0.05, 0) is 45.0 Å². The minimum absolute atomic E-state index is 0.0390. The highest BCUT2D eigenvalue weighted by atomic mass is 19.3. The Morgan fingerprint density at radius 1 is 1.27 bits per heavy atom. The Hall–Kier alpha value is -1.69. The number of nitrogens with zero attached hydrogens (tertiary/aromatic N) is 1. The number of anilines is 1. The lowest BCUT2D eigenvalue weighted by atomic mass is 10.1. The highest BCUT2D eigenvalue weighted by Gasteiger charge is 2.20. The molecule has 0 bridgehead atoms. The summed E-state index contributed by atoms with van der Waals surface area (Å²) in [5.41, 5.74) is 0.247. The van der Waals surface area contributed by atoms with Crippen molar-refractivity contribution in [3.8, 4) is 5.75 Å². The first kappa shape index (κ1) is 18.4. The van der Waals surface area contributed by atoms with Crippen LogP contribution in [-0.2, 0) is 4.79 Å². The van der Waals surface area contributed by atoms with Gasteiger partial charge in [0.25, 0.3) is 0 Å². The Bertz CT molecular complexity index is 481. The van der Waals surface area contributed by atoms with Gasteiger partial charge in [0.05, 0.1) is 11.7 Å². The summed E-state index contributed by atoms with van der Waals surface area (Å²) < 4.78 is 29.1. The Balaban J connectivity index is 2.67. The van der Waals surface area contributed by atoms with Crippen LogP contribution in [0.1, 0.15) is 27.2 Å². The average molecular weight is 314 g/mol. The van der Waals surface area contributed by atoms with E-state index < -0.39 is 6.61 Å². The van der Waals surface area contributed by atoms with Crippen molar-refractivity contribution >= 4 is 11.6 Å². The number of amides is 1. The smallest absolute Gasteiger partial charge is 0.387 e. The van der Waals surface area contributed by atoms with E-state index in [1.54, 1.807) is 19.1 Å². The fourth-order valence-corrected chi connectivity index (χ4v) is 1.86. The number of ether oxygens (including phenoxy) is 1. The number of benzene rings is 1. The Labute approximate surface area is 130 Å². The normalized spacial score (nSPS) is 12.8. The lowest BCUT2D eigenvalue weighted by molar-refractivity contribution is -0.120. The number of hydrogen-bond donors (Lipinski definition) is 1. The lowest BCUT2D eigenvalue weighted by Crippen LogP contribution is -2.40. The summed E-state index contributed by atoms with van der Waals surface area (Å²) in [5.74, 6) is 0.261. The van der Waals surface area contributed by atoms with Crippen LogP contribution >= 0.6 is 0 Å². The van der Waals surface area contributed by atoms with Gasteiger partial charge >= 0.3 is 6.61 Å². The van der Waals surface area contributed by atoms with E-state index in [-0.39, 0.29) is 23.4 Å². The largest absolute Gasteiger partial charge is 0.433 e. The Kier molecular flexibility index (Phi) is 7.24. The number of nitrogens with one attached hydrogen (secondary N) is 1. The molecule has 0 aliphatic carbocycles. The number of hydrogen-bond acceptors (Lipinski definition) is 3. The molecule has 0 fully saturated rings. The number of alkyl halides is 2.